The van der Waals surface area contributed by atoms with E-state index in [1.165, 1.54) is 16.8 Å². The zero-order valence-electron chi connectivity index (χ0n) is 21.1. The molecule has 7 nitrogen and oxygen atoms in total. The minimum atomic E-state index is -0.0812. The summed E-state index contributed by atoms with van der Waals surface area (Å²) in [5, 5.41) is 4.02. The summed E-state index contributed by atoms with van der Waals surface area (Å²) in [5.74, 6) is 0.950. The molecular weight excluding hydrogens is 476 g/mol. The Morgan fingerprint density at radius 1 is 1.08 bits per heavy atom. The summed E-state index contributed by atoms with van der Waals surface area (Å²) >= 11 is 6.09. The van der Waals surface area contributed by atoms with Crippen LogP contribution in [0.4, 0.5) is 5.69 Å². The highest BCUT2D eigenvalue weighted by molar-refractivity contribution is 6.30. The van der Waals surface area contributed by atoms with Crippen molar-refractivity contribution >= 4 is 23.2 Å². The summed E-state index contributed by atoms with van der Waals surface area (Å²) in [7, 11) is 1.71. The second-order valence-electron chi connectivity index (χ2n) is 10.0. The number of benzene rings is 2. The monoisotopic (exact) mass is 512 g/mol. The molecular formula is C28H37ClN4O3. The van der Waals surface area contributed by atoms with Crippen molar-refractivity contribution in [2.24, 2.45) is 5.92 Å². The highest BCUT2D eigenvalue weighted by atomic mass is 35.5. The molecule has 0 aromatic heterocycles. The molecule has 2 aromatic rings. The first kappa shape index (κ1) is 25.3. The molecule has 3 aliphatic rings. The summed E-state index contributed by atoms with van der Waals surface area (Å²) in [5.41, 5.74) is 3.68. The van der Waals surface area contributed by atoms with Gasteiger partial charge in [-0.15, -0.1) is 0 Å². The smallest absolute Gasteiger partial charge is 0.225 e. The van der Waals surface area contributed by atoms with E-state index < -0.39 is 0 Å². The van der Waals surface area contributed by atoms with Crippen LogP contribution in [0.25, 0.3) is 0 Å². The molecule has 0 saturated carbocycles. The number of rotatable bonds is 8. The van der Waals surface area contributed by atoms with Gasteiger partial charge in [0, 0.05) is 62.6 Å². The van der Waals surface area contributed by atoms with Crippen molar-refractivity contribution in [1.82, 2.24) is 15.1 Å². The lowest BCUT2D eigenvalue weighted by atomic mass is 9.83. The number of anilines is 1. The van der Waals surface area contributed by atoms with Gasteiger partial charge in [-0.25, -0.2) is 0 Å². The summed E-state index contributed by atoms with van der Waals surface area (Å²) < 4.78 is 11.0. The molecule has 3 aliphatic heterocycles. The molecule has 2 atom stereocenters. The molecule has 0 unspecified atom stereocenters. The average molecular weight is 513 g/mol. The number of nitrogens with one attached hydrogen (secondary N) is 1. The second-order valence-corrected chi connectivity index (χ2v) is 10.5. The van der Waals surface area contributed by atoms with E-state index in [9.17, 15) is 4.79 Å². The van der Waals surface area contributed by atoms with E-state index in [4.69, 9.17) is 21.1 Å². The fraction of sp³-hybridized carbons (Fsp3) is 0.536. The topological polar surface area (TPSA) is 57.3 Å². The number of fused-ring (bicyclic) bond motifs is 3. The average Bonchev–Trinajstić information content (AvgIpc) is 2.92. The number of nitrogens with zero attached hydrogens (tertiary/aromatic N) is 3. The molecule has 2 fully saturated rings. The SMILES string of the molecule is COc1ccc2c(c1)N1CCN(Cc3ccc(Cl)cc3)C[C@@H]1[C@@H](C(=O)NCCCN1CCOCC1)C2. The van der Waals surface area contributed by atoms with Crippen LogP contribution in [0.5, 0.6) is 5.75 Å². The lowest BCUT2D eigenvalue weighted by molar-refractivity contribution is -0.126. The largest absolute Gasteiger partial charge is 0.497 e. The Bertz CT molecular complexity index is 1030. The van der Waals surface area contributed by atoms with Gasteiger partial charge in [-0.05, 0) is 48.7 Å². The van der Waals surface area contributed by atoms with Crippen molar-refractivity contribution in [3.05, 3.63) is 58.6 Å². The van der Waals surface area contributed by atoms with Gasteiger partial charge < -0.3 is 19.7 Å². The number of ether oxygens (including phenoxy) is 2. The molecule has 0 aliphatic carbocycles. The number of morpholine rings is 1. The number of carbonyl (C=O) groups excluding carboxylic acids is 1. The molecule has 5 rings (SSSR count). The van der Waals surface area contributed by atoms with E-state index in [0.29, 0.717) is 6.54 Å². The van der Waals surface area contributed by atoms with Crippen molar-refractivity contribution in [3.63, 3.8) is 0 Å². The van der Waals surface area contributed by atoms with Crippen LogP contribution in [0.15, 0.2) is 42.5 Å². The Morgan fingerprint density at radius 3 is 2.67 bits per heavy atom. The van der Waals surface area contributed by atoms with Crippen molar-refractivity contribution in [1.29, 1.82) is 0 Å². The maximum Gasteiger partial charge on any atom is 0.225 e. The molecule has 2 saturated heterocycles. The van der Waals surface area contributed by atoms with Crippen molar-refractivity contribution in [2.75, 3.05) is 71.0 Å². The molecule has 194 valence electrons. The zero-order valence-corrected chi connectivity index (χ0v) is 21.9. The normalized spacial score (nSPS) is 22.6. The quantitative estimate of drug-likeness (QED) is 0.549. The summed E-state index contributed by atoms with van der Waals surface area (Å²) in [4.78, 5) is 20.8. The van der Waals surface area contributed by atoms with Crippen LogP contribution in [0.2, 0.25) is 5.02 Å². The van der Waals surface area contributed by atoms with E-state index >= 15 is 0 Å². The summed E-state index contributed by atoms with van der Waals surface area (Å²) in [6.07, 6.45) is 1.72. The fourth-order valence-corrected chi connectivity index (χ4v) is 5.85. The molecule has 0 bridgehead atoms. The molecule has 8 heteroatoms. The molecule has 0 spiro atoms. The van der Waals surface area contributed by atoms with Crippen LogP contribution in [0, 0.1) is 5.92 Å². The van der Waals surface area contributed by atoms with Gasteiger partial charge >= 0.3 is 0 Å². The lowest BCUT2D eigenvalue weighted by Crippen LogP contribution is -2.61. The van der Waals surface area contributed by atoms with Crippen molar-refractivity contribution in [2.45, 2.75) is 25.4 Å². The van der Waals surface area contributed by atoms with Crippen LogP contribution in [-0.4, -0.2) is 87.9 Å². The Hall–Kier alpha value is -2.32. The van der Waals surface area contributed by atoms with E-state index in [0.717, 1.165) is 82.6 Å². The van der Waals surface area contributed by atoms with Crippen LogP contribution >= 0.6 is 11.6 Å². The van der Waals surface area contributed by atoms with Gasteiger partial charge in [-0.3, -0.25) is 14.6 Å². The fourth-order valence-electron chi connectivity index (χ4n) is 5.73. The Morgan fingerprint density at radius 2 is 1.89 bits per heavy atom. The molecule has 0 radical (unpaired) electrons. The van der Waals surface area contributed by atoms with Crippen molar-refractivity contribution in [3.8, 4) is 5.75 Å². The third kappa shape index (κ3) is 5.97. The van der Waals surface area contributed by atoms with Gasteiger partial charge in [0.2, 0.25) is 5.91 Å². The molecule has 36 heavy (non-hydrogen) atoms. The number of halogens is 1. The van der Waals surface area contributed by atoms with E-state index in [1.54, 1.807) is 7.11 Å². The summed E-state index contributed by atoms with van der Waals surface area (Å²) in [6.45, 7) is 8.85. The lowest BCUT2D eigenvalue weighted by Gasteiger charge is -2.49. The Labute approximate surface area is 219 Å². The van der Waals surface area contributed by atoms with Crippen molar-refractivity contribution < 1.29 is 14.3 Å². The maximum atomic E-state index is 13.5. The minimum absolute atomic E-state index is 0.0812. The molecule has 1 N–H and O–H groups in total. The highest BCUT2D eigenvalue weighted by Crippen LogP contribution is 2.38. The van der Waals surface area contributed by atoms with Gasteiger partial charge in [0.15, 0.2) is 0 Å². The van der Waals surface area contributed by atoms with Gasteiger partial charge in [0.1, 0.15) is 5.75 Å². The van der Waals surface area contributed by atoms with Crippen LogP contribution in [-0.2, 0) is 22.5 Å². The predicted octanol–water partition coefficient (Wildman–Crippen LogP) is 3.05. The first-order valence-electron chi connectivity index (χ1n) is 13.1. The number of hydrogen-bond acceptors (Lipinski definition) is 6. The number of carbonyl (C=O) groups is 1. The number of amides is 1. The first-order valence-corrected chi connectivity index (χ1v) is 13.5. The van der Waals surface area contributed by atoms with E-state index in [1.807, 2.05) is 18.2 Å². The van der Waals surface area contributed by atoms with Crippen LogP contribution < -0.4 is 15.0 Å². The number of methoxy groups -OCH3 is 1. The summed E-state index contributed by atoms with van der Waals surface area (Å²) in [6, 6.07) is 14.5. The molecule has 1 amide bonds. The Kier molecular flexibility index (Phi) is 8.32. The number of piperazine rings is 1. The first-order chi connectivity index (χ1) is 17.6. The van der Waals surface area contributed by atoms with Gasteiger partial charge in [-0.1, -0.05) is 29.8 Å². The van der Waals surface area contributed by atoms with Crippen LogP contribution in [0.3, 0.4) is 0 Å². The van der Waals surface area contributed by atoms with Crippen LogP contribution in [0.1, 0.15) is 17.5 Å². The van der Waals surface area contributed by atoms with E-state index in [2.05, 4.69) is 44.3 Å². The van der Waals surface area contributed by atoms with Gasteiger partial charge in [0.25, 0.3) is 0 Å². The third-order valence-electron chi connectivity index (χ3n) is 7.72. The third-order valence-corrected chi connectivity index (χ3v) is 7.97. The van der Waals surface area contributed by atoms with E-state index in [-0.39, 0.29) is 17.9 Å². The van der Waals surface area contributed by atoms with Gasteiger partial charge in [-0.2, -0.15) is 0 Å². The minimum Gasteiger partial charge on any atom is -0.497 e. The molecule has 3 heterocycles. The Balaban J connectivity index is 1.27. The number of hydrogen-bond donors (Lipinski definition) is 1. The standard InChI is InChI=1S/C28H37ClN4O3/c1-35-24-8-5-22-17-25(28(34)30-9-2-10-31-13-15-36-16-14-31)27-20-32(11-12-33(27)26(22)18-24)19-21-3-6-23(29)7-4-21/h3-8,18,25,27H,2,9-17,19-20H2,1H3,(H,30,34)/t25-,27+/m0/s1. The maximum absolute atomic E-state index is 13.5. The van der Waals surface area contributed by atoms with Gasteiger partial charge in [0.05, 0.1) is 32.3 Å². The predicted molar refractivity (Wildman–Crippen MR) is 143 cm³/mol. The zero-order chi connectivity index (χ0) is 24.9. The molecule has 2 aromatic carbocycles. The second kappa shape index (κ2) is 11.8. The highest BCUT2D eigenvalue weighted by Gasteiger charge is 2.41.